The van der Waals surface area contributed by atoms with E-state index in [0.717, 1.165) is 0 Å². The van der Waals surface area contributed by atoms with Gasteiger partial charge in [0.05, 0.1) is 13.3 Å². The number of aromatic carboxylic acids is 1. The third kappa shape index (κ3) is 1.62. The Morgan fingerprint density at radius 1 is 1.75 bits per heavy atom. The van der Waals surface area contributed by atoms with Crippen LogP contribution in [0.4, 0.5) is 0 Å². The molecular formula is C6H5ClN2O3. The molecule has 0 amide bonds. The summed E-state index contributed by atoms with van der Waals surface area (Å²) in [4.78, 5) is 17.5. The molecule has 0 saturated carbocycles. The Balaban J connectivity index is 3.12. The van der Waals surface area contributed by atoms with Crippen molar-refractivity contribution in [3.63, 3.8) is 0 Å². The standard InChI is InChI=1S/C6H5ClN2O3/c1-12-3-2-8-4(6(10)11)5(7)9-3/h2H,1H3,(H,10,11). The maximum atomic E-state index is 10.4. The van der Waals surface area contributed by atoms with Gasteiger partial charge in [0.2, 0.25) is 5.88 Å². The molecule has 0 aliphatic carbocycles. The number of carbonyl (C=O) groups is 1. The molecule has 0 spiro atoms. The van der Waals surface area contributed by atoms with Gasteiger partial charge in [-0.3, -0.25) is 0 Å². The van der Waals surface area contributed by atoms with Crippen LogP contribution in [0.15, 0.2) is 6.20 Å². The topological polar surface area (TPSA) is 72.3 Å². The molecule has 1 heterocycles. The summed E-state index contributed by atoms with van der Waals surface area (Å²) in [6.07, 6.45) is 1.19. The van der Waals surface area contributed by atoms with Crippen LogP contribution in [0.3, 0.4) is 0 Å². The van der Waals surface area contributed by atoms with Gasteiger partial charge in [0.25, 0.3) is 0 Å². The lowest BCUT2D eigenvalue weighted by atomic mass is 10.4. The SMILES string of the molecule is COc1cnc(C(=O)O)c(Cl)n1. The molecule has 1 rings (SSSR count). The van der Waals surface area contributed by atoms with Crippen molar-refractivity contribution in [1.82, 2.24) is 9.97 Å². The van der Waals surface area contributed by atoms with Crippen molar-refractivity contribution < 1.29 is 14.6 Å². The number of rotatable bonds is 2. The molecule has 0 saturated heterocycles. The minimum absolute atomic E-state index is 0.179. The lowest BCUT2D eigenvalue weighted by molar-refractivity contribution is 0.0690. The molecule has 1 aromatic heterocycles. The van der Waals surface area contributed by atoms with Crippen LogP contribution in [0, 0.1) is 0 Å². The second-order valence-corrected chi connectivity index (χ2v) is 2.21. The lowest BCUT2D eigenvalue weighted by Crippen LogP contribution is -2.03. The lowest BCUT2D eigenvalue weighted by Gasteiger charge is -1.99. The van der Waals surface area contributed by atoms with E-state index in [1.54, 1.807) is 0 Å². The number of hydrogen-bond donors (Lipinski definition) is 1. The molecule has 64 valence electrons. The number of ether oxygens (including phenoxy) is 1. The van der Waals surface area contributed by atoms with E-state index in [0.29, 0.717) is 0 Å². The summed E-state index contributed by atoms with van der Waals surface area (Å²) in [5, 5.41) is 8.32. The van der Waals surface area contributed by atoms with Crippen LogP contribution >= 0.6 is 11.6 Å². The van der Waals surface area contributed by atoms with Gasteiger partial charge in [0, 0.05) is 0 Å². The summed E-state index contributed by atoms with van der Waals surface area (Å²) in [5.74, 6) is -1.03. The largest absolute Gasteiger partial charge is 0.480 e. The minimum atomic E-state index is -1.21. The predicted molar refractivity (Wildman–Crippen MR) is 40.6 cm³/mol. The highest BCUT2D eigenvalue weighted by atomic mass is 35.5. The fourth-order valence-electron chi connectivity index (χ4n) is 0.593. The van der Waals surface area contributed by atoms with Crippen LogP contribution in [0.25, 0.3) is 0 Å². The maximum Gasteiger partial charge on any atom is 0.357 e. The zero-order chi connectivity index (χ0) is 9.14. The first-order chi connectivity index (χ1) is 5.65. The Morgan fingerprint density at radius 2 is 2.42 bits per heavy atom. The minimum Gasteiger partial charge on any atom is -0.480 e. The van der Waals surface area contributed by atoms with Crippen LogP contribution in [-0.2, 0) is 0 Å². The van der Waals surface area contributed by atoms with E-state index < -0.39 is 5.97 Å². The number of halogens is 1. The van der Waals surface area contributed by atoms with Gasteiger partial charge >= 0.3 is 5.97 Å². The summed E-state index contributed by atoms with van der Waals surface area (Å²) in [7, 11) is 1.39. The summed E-state index contributed by atoms with van der Waals surface area (Å²) in [5.41, 5.74) is -0.280. The Kier molecular flexibility index (Phi) is 2.44. The van der Waals surface area contributed by atoms with Gasteiger partial charge in [-0.15, -0.1) is 0 Å². The van der Waals surface area contributed by atoms with E-state index in [2.05, 4.69) is 14.7 Å². The molecule has 0 aromatic carbocycles. The van der Waals surface area contributed by atoms with E-state index in [4.69, 9.17) is 16.7 Å². The molecule has 12 heavy (non-hydrogen) atoms. The average molecular weight is 189 g/mol. The smallest absolute Gasteiger partial charge is 0.357 e. The van der Waals surface area contributed by atoms with Crippen molar-refractivity contribution in [2.75, 3.05) is 7.11 Å². The van der Waals surface area contributed by atoms with E-state index >= 15 is 0 Å². The van der Waals surface area contributed by atoms with Gasteiger partial charge in [-0.25, -0.2) is 9.78 Å². The highest BCUT2D eigenvalue weighted by Crippen LogP contribution is 2.14. The van der Waals surface area contributed by atoms with E-state index in [-0.39, 0.29) is 16.7 Å². The number of hydrogen-bond acceptors (Lipinski definition) is 4. The second-order valence-electron chi connectivity index (χ2n) is 1.86. The van der Waals surface area contributed by atoms with Crippen LogP contribution in [-0.4, -0.2) is 28.2 Å². The molecule has 5 nitrogen and oxygen atoms in total. The Labute approximate surface area is 73.0 Å². The summed E-state index contributed by atoms with van der Waals surface area (Å²) in [6, 6.07) is 0. The van der Waals surface area contributed by atoms with Crippen molar-refractivity contribution in [2.24, 2.45) is 0 Å². The summed E-state index contributed by atoms with van der Waals surface area (Å²) in [6.45, 7) is 0. The average Bonchev–Trinajstić information content (AvgIpc) is 2.03. The predicted octanol–water partition coefficient (Wildman–Crippen LogP) is 0.837. The van der Waals surface area contributed by atoms with Crippen molar-refractivity contribution in [3.05, 3.63) is 17.0 Å². The number of carboxylic acids is 1. The van der Waals surface area contributed by atoms with Gasteiger partial charge in [-0.1, -0.05) is 11.6 Å². The number of methoxy groups -OCH3 is 1. The first-order valence-electron chi connectivity index (χ1n) is 2.95. The van der Waals surface area contributed by atoms with E-state index in [1.165, 1.54) is 13.3 Å². The Hall–Kier alpha value is -1.36. The van der Waals surface area contributed by atoms with Gasteiger partial charge in [-0.05, 0) is 0 Å². The summed E-state index contributed by atoms with van der Waals surface area (Å²) < 4.78 is 4.68. The van der Waals surface area contributed by atoms with Gasteiger partial charge in [0.1, 0.15) is 0 Å². The molecular weight excluding hydrogens is 184 g/mol. The van der Waals surface area contributed by atoms with E-state index in [1.807, 2.05) is 0 Å². The molecule has 0 atom stereocenters. The molecule has 0 bridgehead atoms. The Morgan fingerprint density at radius 3 is 2.83 bits per heavy atom. The highest BCUT2D eigenvalue weighted by Gasteiger charge is 2.12. The molecule has 6 heteroatoms. The highest BCUT2D eigenvalue weighted by molar-refractivity contribution is 6.32. The molecule has 0 unspecified atom stereocenters. The van der Waals surface area contributed by atoms with Gasteiger partial charge < -0.3 is 9.84 Å². The maximum absolute atomic E-state index is 10.4. The quantitative estimate of drug-likeness (QED) is 0.745. The number of carboxylic acid groups (broad SMARTS) is 1. The Bertz CT molecular complexity index is 316. The van der Waals surface area contributed by atoms with Crippen molar-refractivity contribution >= 4 is 17.6 Å². The van der Waals surface area contributed by atoms with Crippen LogP contribution in [0.2, 0.25) is 5.15 Å². The molecule has 1 aromatic rings. The molecule has 0 fully saturated rings. The second kappa shape index (κ2) is 3.36. The van der Waals surface area contributed by atoms with Crippen molar-refractivity contribution in [2.45, 2.75) is 0 Å². The zero-order valence-electron chi connectivity index (χ0n) is 6.11. The fourth-order valence-corrected chi connectivity index (χ4v) is 0.806. The normalized spacial score (nSPS) is 9.50. The monoisotopic (exact) mass is 188 g/mol. The van der Waals surface area contributed by atoms with E-state index in [9.17, 15) is 4.79 Å². The van der Waals surface area contributed by atoms with Crippen molar-refractivity contribution in [1.29, 1.82) is 0 Å². The third-order valence-electron chi connectivity index (χ3n) is 1.12. The fraction of sp³-hybridized carbons (Fsp3) is 0.167. The first-order valence-corrected chi connectivity index (χ1v) is 3.32. The number of aromatic nitrogens is 2. The van der Waals surface area contributed by atoms with Crippen LogP contribution in [0.1, 0.15) is 10.5 Å². The molecule has 1 N–H and O–H groups in total. The zero-order valence-corrected chi connectivity index (χ0v) is 6.87. The van der Waals surface area contributed by atoms with Crippen LogP contribution < -0.4 is 4.74 Å². The molecule has 0 radical (unpaired) electrons. The van der Waals surface area contributed by atoms with Crippen molar-refractivity contribution in [3.8, 4) is 5.88 Å². The first kappa shape index (κ1) is 8.73. The molecule has 0 aliphatic rings. The third-order valence-corrected chi connectivity index (χ3v) is 1.38. The summed E-state index contributed by atoms with van der Waals surface area (Å²) >= 11 is 5.47. The van der Waals surface area contributed by atoms with Gasteiger partial charge in [0.15, 0.2) is 10.8 Å². The van der Waals surface area contributed by atoms with Gasteiger partial charge in [-0.2, -0.15) is 4.98 Å². The van der Waals surface area contributed by atoms with Crippen LogP contribution in [0.5, 0.6) is 5.88 Å². The number of nitrogens with zero attached hydrogens (tertiary/aromatic N) is 2. The molecule has 0 aliphatic heterocycles.